The zero-order valence-corrected chi connectivity index (χ0v) is 15.6. The number of benzene rings is 2. The van der Waals surface area contributed by atoms with Gasteiger partial charge in [0, 0.05) is 18.0 Å². The van der Waals surface area contributed by atoms with Gasteiger partial charge in [-0.05, 0) is 42.3 Å². The van der Waals surface area contributed by atoms with Gasteiger partial charge < -0.3 is 20.1 Å². The Kier molecular flexibility index (Phi) is 5.21. The summed E-state index contributed by atoms with van der Waals surface area (Å²) >= 11 is 6.35. The standard InChI is InChI=1S/C20H19ClN2O4/c1-11-3-8-16-14(18(11)21)9-17(23(16)2)19(25)22-15(10-24)12-4-6-13(7-5-12)20(26)27/h3-9,15,24H,10H2,1-2H3,(H,22,25)(H,26,27)/t15-/m1/s1. The quantitative estimate of drug-likeness (QED) is 0.627. The topological polar surface area (TPSA) is 91.6 Å². The van der Waals surface area contributed by atoms with Gasteiger partial charge in [-0.1, -0.05) is 29.8 Å². The van der Waals surface area contributed by atoms with Crippen LogP contribution in [0, 0.1) is 6.92 Å². The van der Waals surface area contributed by atoms with E-state index in [2.05, 4.69) is 5.32 Å². The Bertz CT molecular complexity index is 1020. The number of rotatable bonds is 5. The molecule has 1 heterocycles. The molecule has 0 aliphatic carbocycles. The van der Waals surface area contributed by atoms with Crippen molar-refractivity contribution in [2.45, 2.75) is 13.0 Å². The number of nitrogens with one attached hydrogen (secondary N) is 1. The monoisotopic (exact) mass is 386 g/mol. The molecule has 0 bridgehead atoms. The van der Waals surface area contributed by atoms with Crippen LogP contribution in [0.5, 0.6) is 0 Å². The number of aromatic carboxylic acids is 1. The molecule has 3 N–H and O–H groups in total. The fraction of sp³-hybridized carbons (Fsp3) is 0.200. The van der Waals surface area contributed by atoms with Crippen LogP contribution in [0.25, 0.3) is 10.9 Å². The predicted molar refractivity (Wildman–Crippen MR) is 103 cm³/mol. The lowest BCUT2D eigenvalue weighted by molar-refractivity contribution is 0.0696. The number of aryl methyl sites for hydroxylation is 2. The molecule has 7 heteroatoms. The zero-order valence-electron chi connectivity index (χ0n) is 14.9. The average molecular weight is 387 g/mol. The van der Waals surface area contributed by atoms with Gasteiger partial charge in [0.1, 0.15) is 5.69 Å². The highest BCUT2D eigenvalue weighted by molar-refractivity contribution is 6.36. The summed E-state index contributed by atoms with van der Waals surface area (Å²) in [6.07, 6.45) is 0. The molecule has 0 radical (unpaired) electrons. The number of nitrogens with zero attached hydrogens (tertiary/aromatic N) is 1. The van der Waals surface area contributed by atoms with Crippen molar-refractivity contribution in [3.8, 4) is 0 Å². The van der Waals surface area contributed by atoms with Crippen LogP contribution in [0.4, 0.5) is 0 Å². The lowest BCUT2D eigenvalue weighted by atomic mass is 10.1. The summed E-state index contributed by atoms with van der Waals surface area (Å²) in [5.41, 5.74) is 2.93. The van der Waals surface area contributed by atoms with Crippen molar-refractivity contribution < 1.29 is 19.8 Å². The molecule has 1 amide bonds. The number of aliphatic hydroxyl groups is 1. The minimum atomic E-state index is -1.03. The molecule has 0 unspecified atom stereocenters. The van der Waals surface area contributed by atoms with E-state index in [1.54, 1.807) is 29.8 Å². The lowest BCUT2D eigenvalue weighted by Gasteiger charge is -2.17. The normalized spacial score (nSPS) is 12.1. The van der Waals surface area contributed by atoms with Crippen molar-refractivity contribution in [2.24, 2.45) is 7.05 Å². The van der Waals surface area contributed by atoms with E-state index in [4.69, 9.17) is 16.7 Å². The minimum absolute atomic E-state index is 0.139. The number of halogens is 1. The summed E-state index contributed by atoms with van der Waals surface area (Å²) in [4.78, 5) is 23.7. The van der Waals surface area contributed by atoms with Crippen LogP contribution in [-0.4, -0.2) is 33.3 Å². The molecule has 0 fully saturated rings. The molecule has 27 heavy (non-hydrogen) atoms. The first kappa shape index (κ1) is 18.9. The van der Waals surface area contributed by atoms with E-state index in [-0.39, 0.29) is 18.1 Å². The van der Waals surface area contributed by atoms with Gasteiger partial charge in [0.15, 0.2) is 0 Å². The second-order valence-electron chi connectivity index (χ2n) is 6.35. The molecular formula is C20H19ClN2O4. The first-order chi connectivity index (χ1) is 12.8. The molecule has 140 valence electrons. The summed E-state index contributed by atoms with van der Waals surface area (Å²) in [5.74, 6) is -1.39. The van der Waals surface area contributed by atoms with Crippen molar-refractivity contribution in [1.29, 1.82) is 0 Å². The number of hydrogen-bond donors (Lipinski definition) is 3. The smallest absolute Gasteiger partial charge is 0.335 e. The number of carboxylic acid groups (broad SMARTS) is 1. The fourth-order valence-corrected chi connectivity index (χ4v) is 3.24. The summed E-state index contributed by atoms with van der Waals surface area (Å²) in [5, 5.41) is 22.8. The number of hydrogen-bond acceptors (Lipinski definition) is 3. The van der Waals surface area contributed by atoms with E-state index in [1.807, 2.05) is 19.1 Å². The minimum Gasteiger partial charge on any atom is -0.478 e. The van der Waals surface area contributed by atoms with Crippen molar-refractivity contribution in [3.63, 3.8) is 0 Å². The predicted octanol–water partition coefficient (Wildman–Crippen LogP) is 3.30. The first-order valence-electron chi connectivity index (χ1n) is 8.33. The van der Waals surface area contributed by atoms with Gasteiger partial charge in [-0.2, -0.15) is 0 Å². The maximum Gasteiger partial charge on any atom is 0.335 e. The molecule has 3 aromatic rings. The number of carbonyl (C=O) groups excluding carboxylic acids is 1. The van der Waals surface area contributed by atoms with Gasteiger partial charge in [0.05, 0.1) is 23.2 Å². The van der Waals surface area contributed by atoms with Crippen LogP contribution in [0.3, 0.4) is 0 Å². The zero-order chi connectivity index (χ0) is 19.7. The third kappa shape index (κ3) is 3.54. The Labute approximate surface area is 161 Å². The van der Waals surface area contributed by atoms with Crippen LogP contribution in [-0.2, 0) is 7.05 Å². The second-order valence-corrected chi connectivity index (χ2v) is 6.73. The van der Waals surface area contributed by atoms with E-state index < -0.39 is 12.0 Å². The number of aliphatic hydroxyl groups excluding tert-OH is 1. The lowest BCUT2D eigenvalue weighted by Crippen LogP contribution is -2.32. The summed E-state index contributed by atoms with van der Waals surface area (Å²) in [6.45, 7) is 1.58. The Balaban J connectivity index is 1.89. The van der Waals surface area contributed by atoms with E-state index in [0.29, 0.717) is 16.3 Å². The van der Waals surface area contributed by atoms with E-state index in [1.165, 1.54) is 12.1 Å². The Morgan fingerprint density at radius 2 is 1.85 bits per heavy atom. The van der Waals surface area contributed by atoms with Gasteiger partial charge in [-0.25, -0.2) is 4.79 Å². The molecule has 0 saturated heterocycles. The molecule has 2 aromatic carbocycles. The molecule has 1 atom stereocenters. The van der Waals surface area contributed by atoms with Gasteiger partial charge in [-0.15, -0.1) is 0 Å². The first-order valence-corrected chi connectivity index (χ1v) is 8.70. The SMILES string of the molecule is Cc1ccc2c(cc(C(=O)N[C@H](CO)c3ccc(C(=O)O)cc3)n2C)c1Cl. The maximum atomic E-state index is 12.8. The molecule has 0 aliphatic heterocycles. The van der Waals surface area contributed by atoms with Gasteiger partial charge in [-0.3, -0.25) is 4.79 Å². The summed E-state index contributed by atoms with van der Waals surface area (Å²) in [7, 11) is 1.78. The van der Waals surface area contributed by atoms with Crippen molar-refractivity contribution >= 4 is 34.4 Å². The largest absolute Gasteiger partial charge is 0.478 e. The third-order valence-electron chi connectivity index (χ3n) is 4.63. The van der Waals surface area contributed by atoms with Crippen LogP contribution >= 0.6 is 11.6 Å². The molecule has 6 nitrogen and oxygen atoms in total. The molecule has 3 rings (SSSR count). The number of aromatic nitrogens is 1. The highest BCUT2D eigenvalue weighted by Crippen LogP contribution is 2.29. The Morgan fingerprint density at radius 1 is 1.19 bits per heavy atom. The highest BCUT2D eigenvalue weighted by Gasteiger charge is 2.20. The number of amides is 1. The number of carbonyl (C=O) groups is 2. The van der Waals surface area contributed by atoms with Crippen LogP contribution in [0.15, 0.2) is 42.5 Å². The molecule has 0 spiro atoms. The van der Waals surface area contributed by atoms with E-state index in [0.717, 1.165) is 16.5 Å². The number of fused-ring (bicyclic) bond motifs is 1. The summed E-state index contributed by atoms with van der Waals surface area (Å²) in [6, 6.07) is 10.9. The van der Waals surface area contributed by atoms with Gasteiger partial charge in [0.2, 0.25) is 0 Å². The third-order valence-corrected chi connectivity index (χ3v) is 5.14. The number of carboxylic acids is 1. The van der Waals surface area contributed by atoms with Gasteiger partial charge in [0.25, 0.3) is 5.91 Å². The van der Waals surface area contributed by atoms with Crippen LogP contribution < -0.4 is 5.32 Å². The fourth-order valence-electron chi connectivity index (χ4n) is 3.03. The van der Waals surface area contributed by atoms with Crippen molar-refractivity contribution in [2.75, 3.05) is 6.61 Å². The van der Waals surface area contributed by atoms with Crippen LogP contribution in [0.2, 0.25) is 5.02 Å². The second kappa shape index (κ2) is 7.42. The van der Waals surface area contributed by atoms with Gasteiger partial charge >= 0.3 is 5.97 Å². The molecule has 0 saturated carbocycles. The van der Waals surface area contributed by atoms with Crippen molar-refractivity contribution in [1.82, 2.24) is 9.88 Å². The summed E-state index contributed by atoms with van der Waals surface area (Å²) < 4.78 is 1.75. The van der Waals surface area contributed by atoms with E-state index >= 15 is 0 Å². The maximum absolute atomic E-state index is 12.8. The Hall–Kier alpha value is -2.83. The average Bonchev–Trinajstić information content (AvgIpc) is 3.00. The molecule has 1 aromatic heterocycles. The highest BCUT2D eigenvalue weighted by atomic mass is 35.5. The molecule has 0 aliphatic rings. The van der Waals surface area contributed by atoms with E-state index in [9.17, 15) is 14.7 Å². The Morgan fingerprint density at radius 3 is 2.44 bits per heavy atom. The van der Waals surface area contributed by atoms with Crippen LogP contribution in [0.1, 0.15) is 38.0 Å². The molecular weight excluding hydrogens is 368 g/mol. The van der Waals surface area contributed by atoms with Crippen molar-refractivity contribution in [3.05, 3.63) is 69.9 Å².